The van der Waals surface area contributed by atoms with Crippen molar-refractivity contribution in [2.75, 3.05) is 24.9 Å². The van der Waals surface area contributed by atoms with E-state index in [2.05, 4.69) is 10.6 Å². The summed E-state index contributed by atoms with van der Waals surface area (Å²) < 4.78 is 16.3. The second kappa shape index (κ2) is 12.5. The molecule has 0 aliphatic heterocycles. The highest BCUT2D eigenvalue weighted by molar-refractivity contribution is 6.11. The van der Waals surface area contributed by atoms with Crippen molar-refractivity contribution in [2.24, 2.45) is 0 Å². The Bertz CT molecular complexity index is 1790. The standard InChI is InChI=1S/C34H28N2O5/c1-39-26-20-31(40-2)27-22-28(34(38)41-32(27)21-26)33(37)30(36-25-16-7-4-8-17-25)19-11-13-23-12-9-10-18-29(23)35-24-14-5-3-6-15-24/h3-22,35-36H,1-2H3/b13-11+,30-19-. The summed E-state index contributed by atoms with van der Waals surface area (Å²) in [5.41, 5.74) is 3.04. The molecular formula is C34H28N2O5. The summed E-state index contributed by atoms with van der Waals surface area (Å²) in [6.07, 6.45) is 5.30. The number of methoxy groups -OCH3 is 2. The van der Waals surface area contributed by atoms with Gasteiger partial charge in [0.2, 0.25) is 5.78 Å². The molecule has 0 aliphatic rings. The van der Waals surface area contributed by atoms with Gasteiger partial charge in [-0.3, -0.25) is 4.79 Å². The Morgan fingerprint density at radius 1 is 0.805 bits per heavy atom. The van der Waals surface area contributed by atoms with Gasteiger partial charge in [-0.05, 0) is 48.0 Å². The van der Waals surface area contributed by atoms with Crippen LogP contribution in [0.5, 0.6) is 11.5 Å². The smallest absolute Gasteiger partial charge is 0.347 e. The molecule has 0 saturated heterocycles. The van der Waals surface area contributed by atoms with Crippen molar-refractivity contribution < 1.29 is 18.7 Å². The number of ketones is 1. The first kappa shape index (κ1) is 27.0. The zero-order valence-corrected chi connectivity index (χ0v) is 22.6. The molecule has 204 valence electrons. The monoisotopic (exact) mass is 544 g/mol. The summed E-state index contributed by atoms with van der Waals surface area (Å²) in [6, 6.07) is 31.7. The lowest BCUT2D eigenvalue weighted by atomic mass is 10.1. The summed E-state index contributed by atoms with van der Waals surface area (Å²) in [6.45, 7) is 0. The second-order valence-corrected chi connectivity index (χ2v) is 9.03. The van der Waals surface area contributed by atoms with Crippen molar-refractivity contribution in [3.63, 3.8) is 0 Å². The fraction of sp³-hybridized carbons (Fsp3) is 0.0588. The predicted octanol–water partition coefficient (Wildman–Crippen LogP) is 7.45. The molecule has 2 N–H and O–H groups in total. The first-order valence-electron chi connectivity index (χ1n) is 12.9. The van der Waals surface area contributed by atoms with Crippen LogP contribution in [-0.2, 0) is 0 Å². The molecule has 0 spiro atoms. The minimum atomic E-state index is -0.764. The number of benzene rings is 4. The highest BCUT2D eigenvalue weighted by Gasteiger charge is 2.20. The quantitative estimate of drug-likeness (QED) is 0.0817. The first-order valence-corrected chi connectivity index (χ1v) is 12.9. The Hall–Kier alpha value is -5.56. The number of carbonyl (C=O) groups excluding carboxylic acids is 1. The predicted molar refractivity (Wildman–Crippen MR) is 163 cm³/mol. The van der Waals surface area contributed by atoms with E-state index in [1.165, 1.54) is 20.3 Å². The number of Topliss-reactive ketones (excluding diaryl/α,β-unsaturated/α-hetero) is 1. The molecule has 0 unspecified atom stereocenters. The summed E-state index contributed by atoms with van der Waals surface area (Å²) in [7, 11) is 3.00. The molecule has 0 radical (unpaired) electrons. The van der Waals surface area contributed by atoms with Gasteiger partial charge in [0.15, 0.2) is 0 Å². The number of carbonyl (C=O) groups is 1. The number of anilines is 3. The summed E-state index contributed by atoms with van der Waals surface area (Å²) >= 11 is 0. The van der Waals surface area contributed by atoms with Crippen LogP contribution in [0, 0.1) is 0 Å². The molecule has 0 atom stereocenters. The third-order valence-corrected chi connectivity index (χ3v) is 6.34. The lowest BCUT2D eigenvalue weighted by molar-refractivity contribution is 0.103. The van der Waals surface area contributed by atoms with Gasteiger partial charge in [0.1, 0.15) is 22.6 Å². The third-order valence-electron chi connectivity index (χ3n) is 6.34. The minimum Gasteiger partial charge on any atom is -0.496 e. The zero-order valence-electron chi connectivity index (χ0n) is 22.6. The van der Waals surface area contributed by atoms with Gasteiger partial charge in [0.25, 0.3) is 0 Å². The van der Waals surface area contributed by atoms with Gasteiger partial charge in [-0.2, -0.15) is 0 Å². The number of nitrogens with one attached hydrogen (secondary N) is 2. The van der Waals surface area contributed by atoms with Crippen LogP contribution in [0.1, 0.15) is 15.9 Å². The maximum Gasteiger partial charge on any atom is 0.347 e. The van der Waals surface area contributed by atoms with E-state index in [0.717, 1.165) is 16.9 Å². The number of hydrogen-bond acceptors (Lipinski definition) is 7. The van der Waals surface area contributed by atoms with Crippen LogP contribution in [0.25, 0.3) is 17.0 Å². The molecule has 0 fully saturated rings. The fourth-order valence-corrected chi connectivity index (χ4v) is 4.28. The van der Waals surface area contributed by atoms with Crippen molar-refractivity contribution in [2.45, 2.75) is 0 Å². The van der Waals surface area contributed by atoms with E-state index in [1.807, 2.05) is 91.0 Å². The average molecular weight is 545 g/mol. The maximum absolute atomic E-state index is 13.8. The van der Waals surface area contributed by atoms with Gasteiger partial charge in [0.05, 0.1) is 25.3 Å². The van der Waals surface area contributed by atoms with Gasteiger partial charge in [0, 0.05) is 29.2 Å². The number of para-hydroxylation sites is 3. The third kappa shape index (κ3) is 6.37. The molecule has 0 amide bonds. The van der Waals surface area contributed by atoms with Crippen molar-refractivity contribution in [3.8, 4) is 11.5 Å². The van der Waals surface area contributed by atoms with Crippen LogP contribution < -0.4 is 25.7 Å². The number of ether oxygens (including phenoxy) is 2. The second-order valence-electron chi connectivity index (χ2n) is 9.03. The highest BCUT2D eigenvalue weighted by Crippen LogP contribution is 2.31. The molecule has 5 rings (SSSR count). The minimum absolute atomic E-state index is 0.129. The zero-order chi connectivity index (χ0) is 28.6. The molecule has 0 aliphatic carbocycles. The maximum atomic E-state index is 13.8. The lowest BCUT2D eigenvalue weighted by Gasteiger charge is -2.12. The number of hydrogen-bond donors (Lipinski definition) is 2. The largest absolute Gasteiger partial charge is 0.496 e. The van der Waals surface area contributed by atoms with Crippen molar-refractivity contribution in [3.05, 3.63) is 143 Å². The molecule has 1 aromatic heterocycles. The van der Waals surface area contributed by atoms with Gasteiger partial charge in [-0.1, -0.05) is 66.7 Å². The Morgan fingerprint density at radius 2 is 1.49 bits per heavy atom. The summed E-state index contributed by atoms with van der Waals surface area (Å²) in [5.74, 6) is 0.360. The fourth-order valence-electron chi connectivity index (χ4n) is 4.28. The number of rotatable bonds is 10. The van der Waals surface area contributed by atoms with Gasteiger partial charge in [-0.15, -0.1) is 0 Å². The Kier molecular flexibility index (Phi) is 8.26. The average Bonchev–Trinajstić information content (AvgIpc) is 3.01. The van der Waals surface area contributed by atoms with E-state index in [9.17, 15) is 9.59 Å². The van der Waals surface area contributed by atoms with E-state index in [4.69, 9.17) is 13.9 Å². The van der Waals surface area contributed by atoms with Crippen LogP contribution in [0.15, 0.2) is 130 Å². The first-order chi connectivity index (χ1) is 20.1. The van der Waals surface area contributed by atoms with Crippen molar-refractivity contribution >= 4 is 39.9 Å². The molecular weight excluding hydrogens is 516 g/mol. The summed E-state index contributed by atoms with van der Waals surface area (Å²) in [4.78, 5) is 26.8. The number of allylic oxidation sites excluding steroid dienone is 3. The van der Waals surface area contributed by atoms with E-state index in [0.29, 0.717) is 22.6 Å². The van der Waals surface area contributed by atoms with E-state index >= 15 is 0 Å². The Balaban J connectivity index is 1.52. The SMILES string of the molecule is COc1cc(OC)c2cc(C(=O)/C(=C/C=C/c3ccccc3Nc3ccccc3)Nc3ccccc3)c(=O)oc2c1. The molecule has 7 nitrogen and oxygen atoms in total. The van der Waals surface area contributed by atoms with Gasteiger partial charge in [-0.25, -0.2) is 4.79 Å². The topological polar surface area (TPSA) is 89.8 Å². The summed E-state index contributed by atoms with van der Waals surface area (Å²) in [5, 5.41) is 7.04. The molecule has 0 saturated carbocycles. The van der Waals surface area contributed by atoms with Crippen LogP contribution in [0.2, 0.25) is 0 Å². The van der Waals surface area contributed by atoms with Crippen molar-refractivity contribution in [1.82, 2.24) is 0 Å². The number of fused-ring (bicyclic) bond motifs is 1. The van der Waals surface area contributed by atoms with Crippen molar-refractivity contribution in [1.29, 1.82) is 0 Å². The van der Waals surface area contributed by atoms with Crippen LogP contribution in [-0.4, -0.2) is 20.0 Å². The molecule has 1 heterocycles. The van der Waals surface area contributed by atoms with E-state index in [-0.39, 0.29) is 16.8 Å². The molecule has 4 aromatic carbocycles. The highest BCUT2D eigenvalue weighted by atomic mass is 16.5. The van der Waals surface area contributed by atoms with E-state index in [1.54, 1.807) is 24.3 Å². The van der Waals surface area contributed by atoms with E-state index < -0.39 is 11.4 Å². The Morgan fingerprint density at radius 3 is 2.20 bits per heavy atom. The van der Waals surface area contributed by atoms with Crippen LogP contribution in [0.3, 0.4) is 0 Å². The van der Waals surface area contributed by atoms with Gasteiger partial charge >= 0.3 is 5.63 Å². The van der Waals surface area contributed by atoms with Crippen LogP contribution >= 0.6 is 0 Å². The van der Waals surface area contributed by atoms with Gasteiger partial charge < -0.3 is 24.5 Å². The normalized spacial score (nSPS) is 11.4. The molecule has 0 bridgehead atoms. The Labute approximate surface area is 237 Å². The van der Waals surface area contributed by atoms with Crippen LogP contribution in [0.4, 0.5) is 17.1 Å². The molecule has 7 heteroatoms. The lowest BCUT2D eigenvalue weighted by Crippen LogP contribution is -2.19. The molecule has 5 aromatic rings. The molecule has 41 heavy (non-hydrogen) atoms.